The van der Waals surface area contributed by atoms with Crippen molar-refractivity contribution in [2.75, 3.05) is 20.3 Å². The van der Waals surface area contributed by atoms with Crippen LogP contribution in [-0.2, 0) is 17.8 Å². The number of nitrogens with zero attached hydrogens (tertiary/aromatic N) is 1. The molecule has 1 heterocycles. The van der Waals surface area contributed by atoms with E-state index in [0.29, 0.717) is 6.04 Å². The number of likely N-dealkylation sites (N-methyl/N-ethyl adjacent to an activating group) is 1. The summed E-state index contributed by atoms with van der Waals surface area (Å²) in [5, 5.41) is 3.57. The molecule has 0 amide bonds. The van der Waals surface area contributed by atoms with Crippen molar-refractivity contribution in [3.8, 4) is 0 Å². The first-order valence-electron chi connectivity index (χ1n) is 7.83. The summed E-state index contributed by atoms with van der Waals surface area (Å²) >= 11 is 1.91. The molecule has 0 fully saturated rings. The van der Waals surface area contributed by atoms with Gasteiger partial charge in [-0.3, -0.25) is 4.90 Å². The van der Waals surface area contributed by atoms with Crippen molar-refractivity contribution in [3.05, 3.63) is 21.4 Å². The molecule has 0 aliphatic rings. The van der Waals surface area contributed by atoms with Gasteiger partial charge in [-0.05, 0) is 52.8 Å². The third-order valence-electron chi connectivity index (χ3n) is 3.68. The van der Waals surface area contributed by atoms with E-state index in [2.05, 4.69) is 57.8 Å². The van der Waals surface area contributed by atoms with Crippen LogP contribution < -0.4 is 5.32 Å². The van der Waals surface area contributed by atoms with Gasteiger partial charge in [-0.1, -0.05) is 6.92 Å². The zero-order chi connectivity index (χ0) is 16.0. The van der Waals surface area contributed by atoms with Crippen molar-refractivity contribution in [1.82, 2.24) is 10.2 Å². The van der Waals surface area contributed by atoms with Crippen LogP contribution in [0.4, 0.5) is 0 Å². The Bertz CT molecular complexity index is 423. The summed E-state index contributed by atoms with van der Waals surface area (Å²) in [5.41, 5.74) is 1.62. The van der Waals surface area contributed by atoms with E-state index in [1.807, 2.05) is 11.3 Å². The van der Waals surface area contributed by atoms with Crippen LogP contribution in [0.2, 0.25) is 0 Å². The lowest BCUT2D eigenvalue weighted by Gasteiger charge is -2.27. The fraction of sp³-hybridized carbons (Fsp3) is 0.765. The molecule has 0 radical (unpaired) electrons. The highest BCUT2D eigenvalue weighted by atomic mass is 32.1. The zero-order valence-electron chi connectivity index (χ0n) is 14.7. The summed E-state index contributed by atoms with van der Waals surface area (Å²) in [6.45, 7) is 17.1. The van der Waals surface area contributed by atoms with E-state index in [9.17, 15) is 0 Å². The maximum Gasteiger partial charge on any atom is 0.0615 e. The van der Waals surface area contributed by atoms with Gasteiger partial charge in [0.05, 0.1) is 6.61 Å². The molecule has 1 aromatic heterocycles. The van der Waals surface area contributed by atoms with Gasteiger partial charge in [0.25, 0.3) is 0 Å². The molecule has 1 unspecified atom stereocenters. The predicted octanol–water partition coefficient (Wildman–Crippen LogP) is 3.80. The molecule has 0 spiro atoms. The first-order valence-corrected chi connectivity index (χ1v) is 8.64. The molecule has 1 rings (SSSR count). The summed E-state index contributed by atoms with van der Waals surface area (Å²) < 4.78 is 5.29. The van der Waals surface area contributed by atoms with Gasteiger partial charge >= 0.3 is 0 Å². The second kappa shape index (κ2) is 8.28. The normalized spacial score (nSPS) is 13.9. The van der Waals surface area contributed by atoms with E-state index in [-0.39, 0.29) is 5.54 Å². The van der Waals surface area contributed by atoms with Crippen LogP contribution in [0.25, 0.3) is 0 Å². The van der Waals surface area contributed by atoms with E-state index < -0.39 is 0 Å². The van der Waals surface area contributed by atoms with Crippen LogP contribution in [0.1, 0.15) is 49.9 Å². The number of thiophene rings is 1. The summed E-state index contributed by atoms with van der Waals surface area (Å²) in [5.74, 6) is 0. The first kappa shape index (κ1) is 18.6. The number of aryl methyl sites for hydroxylation is 1. The van der Waals surface area contributed by atoms with Crippen LogP contribution >= 0.6 is 11.3 Å². The van der Waals surface area contributed by atoms with Crippen molar-refractivity contribution in [2.24, 2.45) is 0 Å². The average Bonchev–Trinajstić information content (AvgIpc) is 2.73. The molecule has 0 saturated carbocycles. The van der Waals surface area contributed by atoms with Gasteiger partial charge in [-0.15, -0.1) is 11.3 Å². The van der Waals surface area contributed by atoms with Gasteiger partial charge in [0.1, 0.15) is 0 Å². The number of nitrogens with one attached hydrogen (secondary N) is 1. The highest BCUT2D eigenvalue weighted by Gasteiger charge is 2.16. The molecule has 1 aromatic rings. The second-order valence-electron chi connectivity index (χ2n) is 6.77. The van der Waals surface area contributed by atoms with Crippen LogP contribution in [0, 0.1) is 6.92 Å². The molecule has 122 valence electrons. The minimum atomic E-state index is 0.167. The van der Waals surface area contributed by atoms with E-state index in [0.717, 1.165) is 26.2 Å². The standard InChI is InChI=1S/C17H32N2OS/c1-8-19(13(2)12-20-7)11-15-9-16(21-14(15)3)10-18-17(4,5)6/h9,13,18H,8,10-12H2,1-7H3. The molecule has 1 N–H and O–H groups in total. The van der Waals surface area contributed by atoms with Crippen molar-refractivity contribution >= 4 is 11.3 Å². The molecule has 1 atom stereocenters. The van der Waals surface area contributed by atoms with Gasteiger partial charge < -0.3 is 10.1 Å². The third-order valence-corrected chi connectivity index (χ3v) is 4.77. The molecule has 4 heteroatoms. The van der Waals surface area contributed by atoms with E-state index >= 15 is 0 Å². The van der Waals surface area contributed by atoms with Crippen molar-refractivity contribution in [2.45, 2.75) is 66.2 Å². The quantitative estimate of drug-likeness (QED) is 0.790. The first-order chi connectivity index (χ1) is 9.76. The predicted molar refractivity (Wildman–Crippen MR) is 93.1 cm³/mol. The summed E-state index contributed by atoms with van der Waals surface area (Å²) in [6.07, 6.45) is 0. The zero-order valence-corrected chi connectivity index (χ0v) is 15.6. The Morgan fingerprint density at radius 1 is 1.38 bits per heavy atom. The molecule has 0 aliphatic heterocycles. The smallest absolute Gasteiger partial charge is 0.0615 e. The van der Waals surface area contributed by atoms with E-state index in [1.165, 1.54) is 15.3 Å². The minimum absolute atomic E-state index is 0.167. The summed E-state index contributed by atoms with van der Waals surface area (Å²) in [4.78, 5) is 5.33. The number of hydrogen-bond donors (Lipinski definition) is 1. The van der Waals surface area contributed by atoms with Crippen LogP contribution in [0.5, 0.6) is 0 Å². The summed E-state index contributed by atoms with van der Waals surface area (Å²) in [7, 11) is 1.77. The Hall–Kier alpha value is -0.420. The summed E-state index contributed by atoms with van der Waals surface area (Å²) in [6, 6.07) is 2.82. The van der Waals surface area contributed by atoms with Gasteiger partial charge in [0.15, 0.2) is 0 Å². The minimum Gasteiger partial charge on any atom is -0.383 e. The van der Waals surface area contributed by atoms with Gasteiger partial charge in [0.2, 0.25) is 0 Å². The highest BCUT2D eigenvalue weighted by molar-refractivity contribution is 7.12. The molecule has 21 heavy (non-hydrogen) atoms. The molecule has 0 aliphatic carbocycles. The molecule has 0 aromatic carbocycles. The SMILES string of the molecule is CCN(Cc1cc(CNC(C)(C)C)sc1C)C(C)COC. The lowest BCUT2D eigenvalue weighted by atomic mass is 10.1. The Balaban J connectivity index is 2.68. The fourth-order valence-electron chi connectivity index (χ4n) is 2.33. The Kier molecular flexibility index (Phi) is 7.34. The lowest BCUT2D eigenvalue weighted by molar-refractivity contribution is 0.0981. The Morgan fingerprint density at radius 3 is 2.57 bits per heavy atom. The Labute approximate surface area is 134 Å². The van der Waals surface area contributed by atoms with Gasteiger partial charge in [0, 0.05) is 41.5 Å². The maximum atomic E-state index is 5.29. The second-order valence-corrected chi connectivity index (χ2v) is 8.11. The molecular weight excluding hydrogens is 280 g/mol. The van der Waals surface area contributed by atoms with Crippen LogP contribution in [-0.4, -0.2) is 36.7 Å². The molecular formula is C17H32N2OS. The molecule has 0 saturated heterocycles. The van der Waals surface area contributed by atoms with Crippen molar-refractivity contribution < 1.29 is 4.74 Å². The average molecular weight is 313 g/mol. The maximum absolute atomic E-state index is 5.29. The highest BCUT2D eigenvalue weighted by Crippen LogP contribution is 2.24. The number of methoxy groups -OCH3 is 1. The van der Waals surface area contributed by atoms with Crippen LogP contribution in [0.3, 0.4) is 0 Å². The topological polar surface area (TPSA) is 24.5 Å². The fourth-order valence-corrected chi connectivity index (χ4v) is 3.32. The van der Waals surface area contributed by atoms with Gasteiger partial charge in [-0.25, -0.2) is 0 Å². The largest absolute Gasteiger partial charge is 0.383 e. The Morgan fingerprint density at radius 2 is 2.05 bits per heavy atom. The molecule has 3 nitrogen and oxygen atoms in total. The number of hydrogen-bond acceptors (Lipinski definition) is 4. The van der Waals surface area contributed by atoms with E-state index in [1.54, 1.807) is 7.11 Å². The monoisotopic (exact) mass is 312 g/mol. The lowest BCUT2D eigenvalue weighted by Crippen LogP contribution is -2.35. The third kappa shape index (κ3) is 6.47. The van der Waals surface area contributed by atoms with Crippen molar-refractivity contribution in [3.63, 3.8) is 0 Å². The van der Waals surface area contributed by atoms with Gasteiger partial charge in [-0.2, -0.15) is 0 Å². The van der Waals surface area contributed by atoms with Crippen LogP contribution in [0.15, 0.2) is 6.07 Å². The molecule has 0 bridgehead atoms. The van der Waals surface area contributed by atoms with E-state index in [4.69, 9.17) is 4.74 Å². The van der Waals surface area contributed by atoms with Crippen molar-refractivity contribution in [1.29, 1.82) is 0 Å². The number of rotatable bonds is 8. The number of ether oxygens (including phenoxy) is 1.